The van der Waals surface area contributed by atoms with E-state index in [4.69, 9.17) is 27.9 Å². The van der Waals surface area contributed by atoms with E-state index >= 15 is 0 Å². The Morgan fingerprint density at radius 3 is 2.15 bits per heavy atom. The Kier molecular flexibility index (Phi) is 9.69. The number of hydrogen-bond donors (Lipinski definition) is 1. The molecule has 1 amide bonds. The first-order valence-electron chi connectivity index (χ1n) is 12.2. The fraction of sp³-hybridized carbons (Fsp3) is 0.357. The fourth-order valence-electron chi connectivity index (χ4n) is 4.20. The van der Waals surface area contributed by atoms with Crippen LogP contribution >= 0.6 is 23.2 Å². The Morgan fingerprint density at radius 1 is 1.05 bits per heavy atom. The van der Waals surface area contributed by atoms with Gasteiger partial charge in [0.2, 0.25) is 5.91 Å². The van der Waals surface area contributed by atoms with Crippen LogP contribution in [0.15, 0.2) is 76.3 Å². The first-order chi connectivity index (χ1) is 18.8. The second-order valence-corrected chi connectivity index (χ2v) is 13.4. The van der Waals surface area contributed by atoms with Crippen molar-refractivity contribution in [3.05, 3.63) is 82.5 Å². The van der Waals surface area contributed by atoms with Gasteiger partial charge in [0.25, 0.3) is 0 Å². The van der Waals surface area contributed by atoms with Crippen molar-refractivity contribution in [2.45, 2.75) is 61.4 Å². The van der Waals surface area contributed by atoms with E-state index in [1.54, 1.807) is 39.0 Å². The van der Waals surface area contributed by atoms with Gasteiger partial charge in [-0.3, -0.25) is 14.3 Å². The predicted molar refractivity (Wildman–Crippen MR) is 149 cm³/mol. The summed E-state index contributed by atoms with van der Waals surface area (Å²) < 4.78 is 73.8. The molecule has 0 saturated heterocycles. The number of nitrogens with one attached hydrogen (secondary N) is 1. The molecule has 222 valence electrons. The molecule has 1 N–H and O–H groups in total. The van der Waals surface area contributed by atoms with Gasteiger partial charge in [0.05, 0.1) is 22.3 Å². The number of sulfone groups is 1. The van der Waals surface area contributed by atoms with Crippen molar-refractivity contribution >= 4 is 50.5 Å². The lowest BCUT2D eigenvalue weighted by Gasteiger charge is -2.35. The first kappa shape index (κ1) is 32.7. The molecular weight excluding hydrogens is 606 g/mol. The minimum atomic E-state index is -5.15. The molecule has 0 heterocycles. The molecule has 0 fully saturated rings. The standard InChI is InChI=1S/C28H28Cl2F3NO6S/c1-26(2,3)39-23(35)15-21(17-10-12-20(13-11-17)41(4,37)38)25(36)34-19-14-22(29)24(18-8-6-5-7-9-18)27(30,16-19)40-28(31,32)33/h5-14,21H,15-16H2,1-4H3,(H,34,36). The first-order valence-corrected chi connectivity index (χ1v) is 14.9. The van der Waals surface area contributed by atoms with Crippen LogP contribution in [-0.4, -0.2) is 43.6 Å². The van der Waals surface area contributed by atoms with Crippen LogP contribution in [0, 0.1) is 0 Å². The molecule has 0 spiro atoms. The highest BCUT2D eigenvalue weighted by molar-refractivity contribution is 7.90. The monoisotopic (exact) mass is 633 g/mol. The van der Waals surface area contributed by atoms with Crippen LogP contribution in [-0.2, 0) is 28.9 Å². The van der Waals surface area contributed by atoms with E-state index in [-0.39, 0.29) is 32.3 Å². The smallest absolute Gasteiger partial charge is 0.460 e. The second-order valence-electron chi connectivity index (χ2n) is 10.4. The van der Waals surface area contributed by atoms with Crippen LogP contribution < -0.4 is 5.32 Å². The summed E-state index contributed by atoms with van der Waals surface area (Å²) in [4.78, 5) is 26.2. The summed E-state index contributed by atoms with van der Waals surface area (Å²) in [5.41, 5.74) is -0.539. The van der Waals surface area contributed by atoms with Crippen molar-refractivity contribution in [3.8, 4) is 0 Å². The van der Waals surface area contributed by atoms with E-state index in [0.717, 1.165) is 6.26 Å². The highest BCUT2D eigenvalue weighted by Crippen LogP contribution is 2.48. The quantitative estimate of drug-likeness (QED) is 0.266. The molecule has 2 aromatic rings. The number of hydrogen-bond acceptors (Lipinski definition) is 6. The number of rotatable bonds is 8. The summed E-state index contributed by atoms with van der Waals surface area (Å²) in [5, 5.41) is -0.198. The lowest BCUT2D eigenvalue weighted by molar-refractivity contribution is -0.342. The highest BCUT2D eigenvalue weighted by atomic mass is 35.5. The van der Waals surface area contributed by atoms with Crippen molar-refractivity contribution in [2.24, 2.45) is 0 Å². The number of alkyl halides is 4. The van der Waals surface area contributed by atoms with Gasteiger partial charge in [-0.15, -0.1) is 13.2 Å². The third-order valence-electron chi connectivity index (χ3n) is 5.77. The molecule has 13 heteroatoms. The van der Waals surface area contributed by atoms with Crippen LogP contribution in [0.25, 0.3) is 5.57 Å². The van der Waals surface area contributed by atoms with Crippen LogP contribution in [0.4, 0.5) is 13.2 Å². The van der Waals surface area contributed by atoms with E-state index in [1.807, 2.05) is 0 Å². The molecular formula is C28H28Cl2F3NO6S. The van der Waals surface area contributed by atoms with Crippen molar-refractivity contribution in [1.29, 1.82) is 0 Å². The topological polar surface area (TPSA) is 98.8 Å². The number of carbonyl (C=O) groups excluding carboxylic acids is 2. The number of benzene rings is 2. The van der Waals surface area contributed by atoms with Gasteiger partial charge in [0.1, 0.15) is 5.60 Å². The van der Waals surface area contributed by atoms with E-state index in [1.165, 1.54) is 42.5 Å². The zero-order chi connectivity index (χ0) is 30.8. The van der Waals surface area contributed by atoms with Crippen LogP contribution in [0.3, 0.4) is 0 Å². The highest BCUT2D eigenvalue weighted by Gasteiger charge is 2.48. The molecule has 1 aliphatic rings. The van der Waals surface area contributed by atoms with Crippen molar-refractivity contribution < 1.29 is 40.7 Å². The maximum Gasteiger partial charge on any atom is 0.524 e. The number of halogens is 5. The molecule has 3 rings (SSSR count). The average Bonchev–Trinajstić information content (AvgIpc) is 2.79. The van der Waals surface area contributed by atoms with Gasteiger partial charge in [-0.05, 0) is 50.1 Å². The van der Waals surface area contributed by atoms with E-state index in [2.05, 4.69) is 10.1 Å². The van der Waals surface area contributed by atoms with Gasteiger partial charge < -0.3 is 10.1 Å². The van der Waals surface area contributed by atoms with Crippen LogP contribution in [0.5, 0.6) is 0 Å². The molecule has 1 aliphatic carbocycles. The van der Waals surface area contributed by atoms with Crippen molar-refractivity contribution in [3.63, 3.8) is 0 Å². The zero-order valence-corrected chi connectivity index (χ0v) is 24.8. The van der Waals surface area contributed by atoms with Gasteiger partial charge >= 0.3 is 12.3 Å². The van der Waals surface area contributed by atoms with Gasteiger partial charge in [-0.1, -0.05) is 65.7 Å². The molecule has 0 aromatic heterocycles. The maximum absolute atomic E-state index is 13.5. The molecule has 0 bridgehead atoms. The summed E-state index contributed by atoms with van der Waals surface area (Å²) in [7, 11) is -3.54. The van der Waals surface area contributed by atoms with E-state index < -0.39 is 57.5 Å². The Bertz CT molecular complexity index is 1470. The number of esters is 1. The van der Waals surface area contributed by atoms with E-state index in [0.29, 0.717) is 0 Å². The fourth-order valence-corrected chi connectivity index (χ4v) is 5.72. The molecule has 2 aromatic carbocycles. The second kappa shape index (κ2) is 12.2. The third-order valence-corrected chi connectivity index (χ3v) is 7.60. The van der Waals surface area contributed by atoms with Gasteiger partial charge in [0.15, 0.2) is 14.9 Å². The lowest BCUT2D eigenvalue weighted by Crippen LogP contribution is -2.40. The summed E-state index contributed by atoms with van der Waals surface area (Å²) >= 11 is 12.9. The number of amides is 1. The summed E-state index contributed by atoms with van der Waals surface area (Å²) in [6.45, 7) is 4.94. The Labute approximate surface area is 246 Å². The summed E-state index contributed by atoms with van der Waals surface area (Å²) in [6, 6.07) is 13.2. The van der Waals surface area contributed by atoms with Crippen molar-refractivity contribution in [2.75, 3.05) is 6.26 Å². The molecule has 7 nitrogen and oxygen atoms in total. The minimum absolute atomic E-state index is 0.00533. The zero-order valence-electron chi connectivity index (χ0n) is 22.5. The molecule has 2 atom stereocenters. The molecule has 0 saturated carbocycles. The average molecular weight is 635 g/mol. The van der Waals surface area contributed by atoms with Crippen LogP contribution in [0.2, 0.25) is 0 Å². The summed E-state index contributed by atoms with van der Waals surface area (Å²) in [5.74, 6) is -2.71. The SMILES string of the molecule is CC(C)(C)OC(=O)CC(C(=O)NC1=CC(Cl)=C(c2ccccc2)C(Cl)(OC(F)(F)F)C1)c1ccc(S(C)(=O)=O)cc1. The maximum atomic E-state index is 13.5. The number of allylic oxidation sites excluding steroid dienone is 2. The number of carbonyl (C=O) groups is 2. The Hall–Kier alpha value is -2.86. The lowest BCUT2D eigenvalue weighted by atomic mass is 9.91. The van der Waals surface area contributed by atoms with Crippen molar-refractivity contribution in [1.82, 2.24) is 5.32 Å². The molecule has 0 radical (unpaired) electrons. The van der Waals surface area contributed by atoms with Gasteiger partial charge in [-0.2, -0.15) is 0 Å². The van der Waals surface area contributed by atoms with Gasteiger partial charge in [-0.25, -0.2) is 8.42 Å². The molecule has 41 heavy (non-hydrogen) atoms. The minimum Gasteiger partial charge on any atom is -0.460 e. The molecule has 2 unspecified atom stereocenters. The van der Waals surface area contributed by atoms with Gasteiger partial charge in [0, 0.05) is 23.9 Å². The largest absolute Gasteiger partial charge is 0.524 e. The number of ether oxygens (including phenoxy) is 2. The normalized spacial score (nSPS) is 18.9. The Morgan fingerprint density at radius 2 is 1.63 bits per heavy atom. The summed E-state index contributed by atoms with van der Waals surface area (Å²) in [6.07, 6.45) is -3.94. The molecule has 0 aliphatic heterocycles. The Balaban J connectivity index is 2.00. The predicted octanol–water partition coefficient (Wildman–Crippen LogP) is 6.43. The third kappa shape index (κ3) is 9.06. The van der Waals surface area contributed by atoms with Crippen LogP contribution in [0.1, 0.15) is 50.7 Å². The van der Waals surface area contributed by atoms with E-state index in [9.17, 15) is 31.2 Å².